The molecule has 1 aromatic rings. The molecular formula is C32H44N2O7. The summed E-state index contributed by atoms with van der Waals surface area (Å²) >= 11 is 0. The maximum Gasteiger partial charge on any atom is 0.339 e. The van der Waals surface area contributed by atoms with Gasteiger partial charge in [-0.1, -0.05) is 0 Å². The van der Waals surface area contributed by atoms with E-state index in [1.54, 1.807) is 12.0 Å². The molecule has 5 aliphatic rings. The summed E-state index contributed by atoms with van der Waals surface area (Å²) in [5.41, 5.74) is 0.0614. The molecule has 9 heteroatoms. The minimum atomic E-state index is -1.35. The maximum atomic E-state index is 14.5. The number of fused-ring (bicyclic) bond motifs is 3. The third-order valence-electron chi connectivity index (χ3n) is 9.95. The van der Waals surface area contributed by atoms with Crippen LogP contribution in [0.25, 0.3) is 0 Å². The van der Waals surface area contributed by atoms with Crippen LogP contribution in [-0.4, -0.2) is 84.6 Å². The Labute approximate surface area is 243 Å². The Morgan fingerprint density at radius 1 is 1.05 bits per heavy atom. The lowest BCUT2D eigenvalue weighted by Gasteiger charge is -2.45. The van der Waals surface area contributed by atoms with E-state index in [1.165, 1.54) is 5.56 Å². The molecule has 9 nitrogen and oxygen atoms in total. The highest BCUT2D eigenvalue weighted by Crippen LogP contribution is 2.56. The molecule has 2 fully saturated rings. The van der Waals surface area contributed by atoms with Gasteiger partial charge in [-0.2, -0.15) is 0 Å². The number of methoxy groups -OCH3 is 1. The van der Waals surface area contributed by atoms with Gasteiger partial charge in [-0.15, -0.1) is 0 Å². The van der Waals surface area contributed by atoms with E-state index in [1.807, 2.05) is 27.7 Å². The fraction of sp³-hybridized carbons (Fsp3) is 0.688. The monoisotopic (exact) mass is 568 g/mol. The molecule has 0 saturated carbocycles. The van der Waals surface area contributed by atoms with E-state index in [0.717, 1.165) is 62.3 Å². The second-order valence-corrected chi connectivity index (χ2v) is 12.7. The molecule has 0 bridgehead atoms. The predicted molar refractivity (Wildman–Crippen MR) is 152 cm³/mol. The van der Waals surface area contributed by atoms with Crippen LogP contribution in [0.3, 0.4) is 0 Å². The normalized spacial score (nSPS) is 31.4. The molecule has 1 spiro atoms. The van der Waals surface area contributed by atoms with Crippen LogP contribution in [-0.2, 0) is 30.2 Å². The van der Waals surface area contributed by atoms with Gasteiger partial charge in [0, 0.05) is 19.6 Å². The Morgan fingerprint density at radius 3 is 2.51 bits per heavy atom. The van der Waals surface area contributed by atoms with Crippen molar-refractivity contribution in [3.63, 3.8) is 0 Å². The van der Waals surface area contributed by atoms with Crippen LogP contribution in [0, 0.1) is 0 Å². The minimum absolute atomic E-state index is 0.0348. The van der Waals surface area contributed by atoms with Gasteiger partial charge in [-0.25, -0.2) is 4.79 Å². The van der Waals surface area contributed by atoms with E-state index in [0.29, 0.717) is 25.3 Å². The van der Waals surface area contributed by atoms with Crippen LogP contribution in [0.15, 0.2) is 24.0 Å². The SMILES string of the molecule is CCN(CC)C(=O)C[C@]1(C(=O)OC2C(OC)=C[C@]34CCCN3CCc3cc5c(cc3[C@H]24)OCO5)CCCC(C)(C)O1. The Balaban J connectivity index is 1.39. The highest BCUT2D eigenvalue weighted by Gasteiger charge is 2.60. The number of ether oxygens (including phenoxy) is 5. The predicted octanol–water partition coefficient (Wildman–Crippen LogP) is 4.32. The first-order chi connectivity index (χ1) is 19.6. The van der Waals surface area contributed by atoms with E-state index in [2.05, 4.69) is 23.1 Å². The van der Waals surface area contributed by atoms with Gasteiger partial charge in [-0.05, 0) is 102 Å². The first-order valence-electron chi connectivity index (χ1n) is 15.3. The van der Waals surface area contributed by atoms with Gasteiger partial charge in [0.25, 0.3) is 0 Å². The van der Waals surface area contributed by atoms with Crippen molar-refractivity contribution in [3.8, 4) is 11.5 Å². The summed E-state index contributed by atoms with van der Waals surface area (Å²) in [5, 5.41) is 0. The highest BCUT2D eigenvalue weighted by molar-refractivity contribution is 5.88. The summed E-state index contributed by atoms with van der Waals surface area (Å²) in [6, 6.07) is 4.17. The zero-order valence-corrected chi connectivity index (χ0v) is 25.1. The lowest BCUT2D eigenvalue weighted by molar-refractivity contribution is -0.215. The molecule has 1 aliphatic carbocycles. The molecule has 0 radical (unpaired) electrons. The van der Waals surface area contributed by atoms with Gasteiger partial charge < -0.3 is 28.6 Å². The van der Waals surface area contributed by atoms with Crippen molar-refractivity contribution in [2.75, 3.05) is 40.1 Å². The lowest BCUT2D eigenvalue weighted by Crippen LogP contribution is -2.55. The zero-order valence-electron chi connectivity index (χ0n) is 25.1. The summed E-state index contributed by atoms with van der Waals surface area (Å²) in [4.78, 5) is 32.1. The molecule has 2 saturated heterocycles. The van der Waals surface area contributed by atoms with E-state index < -0.39 is 23.3 Å². The maximum absolute atomic E-state index is 14.5. The quantitative estimate of drug-likeness (QED) is 0.450. The second-order valence-electron chi connectivity index (χ2n) is 12.7. The summed E-state index contributed by atoms with van der Waals surface area (Å²) in [7, 11) is 1.65. The zero-order chi connectivity index (χ0) is 29.0. The average molecular weight is 569 g/mol. The largest absolute Gasteiger partial charge is 0.497 e. The van der Waals surface area contributed by atoms with Gasteiger partial charge in [0.2, 0.25) is 12.7 Å². The number of hydrogen-bond acceptors (Lipinski definition) is 8. The number of amides is 1. The molecule has 6 rings (SSSR count). The fourth-order valence-electron chi connectivity index (χ4n) is 8.02. The second kappa shape index (κ2) is 10.5. The summed E-state index contributed by atoms with van der Waals surface area (Å²) in [6.07, 6.45) is 6.42. The van der Waals surface area contributed by atoms with Gasteiger partial charge in [-0.3, -0.25) is 9.69 Å². The third-order valence-corrected chi connectivity index (χ3v) is 9.95. The van der Waals surface area contributed by atoms with Crippen molar-refractivity contribution < 1.29 is 33.3 Å². The highest BCUT2D eigenvalue weighted by atomic mass is 16.7. The number of nitrogens with zero attached hydrogens (tertiary/aromatic N) is 2. The molecule has 0 N–H and O–H groups in total. The molecule has 4 aliphatic heterocycles. The Hall–Kier alpha value is -2.78. The van der Waals surface area contributed by atoms with Crippen LogP contribution >= 0.6 is 0 Å². The van der Waals surface area contributed by atoms with Crippen molar-refractivity contribution >= 4 is 11.9 Å². The fourth-order valence-corrected chi connectivity index (χ4v) is 8.02. The molecule has 1 unspecified atom stereocenters. The van der Waals surface area contributed by atoms with Crippen LogP contribution in [0.5, 0.6) is 11.5 Å². The smallest absolute Gasteiger partial charge is 0.339 e. The van der Waals surface area contributed by atoms with E-state index in [-0.39, 0.29) is 30.6 Å². The number of benzene rings is 1. The van der Waals surface area contributed by atoms with Gasteiger partial charge in [0.1, 0.15) is 5.76 Å². The molecule has 1 aromatic carbocycles. The van der Waals surface area contributed by atoms with Crippen molar-refractivity contribution in [2.45, 2.75) is 101 Å². The van der Waals surface area contributed by atoms with Crippen LogP contribution in [0.2, 0.25) is 0 Å². The average Bonchev–Trinajstić information content (AvgIpc) is 3.62. The lowest BCUT2D eigenvalue weighted by atomic mass is 9.77. The summed E-state index contributed by atoms with van der Waals surface area (Å²) in [5.74, 6) is 1.39. The number of hydrogen-bond donors (Lipinski definition) is 0. The van der Waals surface area contributed by atoms with Crippen molar-refractivity contribution in [3.05, 3.63) is 35.1 Å². The third kappa shape index (κ3) is 4.69. The van der Waals surface area contributed by atoms with E-state index >= 15 is 0 Å². The topological polar surface area (TPSA) is 86.8 Å². The number of esters is 1. The van der Waals surface area contributed by atoms with Crippen LogP contribution in [0.1, 0.15) is 83.3 Å². The number of rotatable bonds is 7. The van der Waals surface area contributed by atoms with Gasteiger partial charge in [0.05, 0.1) is 30.6 Å². The summed E-state index contributed by atoms with van der Waals surface area (Å²) in [6.45, 7) is 11.1. The van der Waals surface area contributed by atoms with E-state index in [4.69, 9.17) is 23.7 Å². The Kier molecular flexibility index (Phi) is 7.25. The standard InChI is InChI=1S/C32H44N2O7/c1-6-33(7-2)26(35)19-32(13-8-11-30(3,4)41-32)29(36)40-28-25(37-5)18-31-12-9-14-34(31)15-10-21-16-23-24(39-20-38-23)17-22(21)27(28)31/h16-18,27-28H,6-15,19-20H2,1-5H3/t27-,28?,31+,32+/m1/s1. The Morgan fingerprint density at radius 2 is 1.80 bits per heavy atom. The molecule has 41 heavy (non-hydrogen) atoms. The van der Waals surface area contributed by atoms with Gasteiger partial charge >= 0.3 is 5.97 Å². The minimum Gasteiger partial charge on any atom is -0.497 e. The molecule has 1 amide bonds. The number of carbonyl (C=O) groups is 2. The molecule has 224 valence electrons. The van der Waals surface area contributed by atoms with E-state index in [9.17, 15) is 9.59 Å². The molecule has 4 heterocycles. The van der Waals surface area contributed by atoms with Crippen molar-refractivity contribution in [1.29, 1.82) is 0 Å². The number of carbonyl (C=O) groups excluding carboxylic acids is 2. The Bertz CT molecular complexity index is 1240. The van der Waals surface area contributed by atoms with Crippen molar-refractivity contribution in [2.24, 2.45) is 0 Å². The first-order valence-corrected chi connectivity index (χ1v) is 15.3. The van der Waals surface area contributed by atoms with Crippen LogP contribution in [0.4, 0.5) is 0 Å². The van der Waals surface area contributed by atoms with Gasteiger partial charge in [0.15, 0.2) is 23.2 Å². The van der Waals surface area contributed by atoms with Crippen molar-refractivity contribution in [1.82, 2.24) is 9.80 Å². The molecular weight excluding hydrogens is 524 g/mol. The summed E-state index contributed by atoms with van der Waals surface area (Å²) < 4.78 is 30.6. The molecule has 0 aromatic heterocycles. The van der Waals surface area contributed by atoms with Crippen LogP contribution < -0.4 is 9.47 Å². The first kappa shape index (κ1) is 28.3. The molecule has 4 atom stereocenters.